The molecule has 1 aromatic rings. The number of hydrogen-bond acceptors (Lipinski definition) is 15. The molecule has 1 heterocycles. The number of nitrogens with one attached hydrogen (secondary N) is 6. The molecule has 3 unspecified atom stereocenters. The van der Waals surface area contributed by atoms with Crippen LogP contribution in [-0.2, 0) is 63.9 Å². The van der Waals surface area contributed by atoms with Crippen molar-refractivity contribution < 1.29 is 78.1 Å². The van der Waals surface area contributed by atoms with Crippen LogP contribution >= 0.6 is 11.8 Å². The molecule has 5 amide bonds. The van der Waals surface area contributed by atoms with E-state index in [4.69, 9.17) is 19.3 Å². The number of hydrogen-bond donors (Lipinski definition) is 11. The summed E-state index contributed by atoms with van der Waals surface area (Å²) < 4.78 is 17.2. The Balaban J connectivity index is 1.53. The van der Waals surface area contributed by atoms with Crippen LogP contribution in [0.2, 0.25) is 0 Å². The van der Waals surface area contributed by atoms with Gasteiger partial charge in [0.1, 0.15) is 12.1 Å². The van der Waals surface area contributed by atoms with Gasteiger partial charge in [0, 0.05) is 105 Å². The molecule has 24 heteroatoms. The zero-order valence-electron chi connectivity index (χ0n) is 53.5. The first-order chi connectivity index (χ1) is 40.3. The summed E-state index contributed by atoms with van der Waals surface area (Å²) in [6.45, 7) is 22.9. The normalized spacial score (nSPS) is 15.9. The number of carboxylic acids is 3. The Morgan fingerprint density at radius 3 is 1.79 bits per heavy atom. The van der Waals surface area contributed by atoms with Crippen molar-refractivity contribution in [1.82, 2.24) is 36.5 Å². The number of nitrogens with zero attached hydrogens (tertiary/aromatic N) is 1. The third-order valence-electron chi connectivity index (χ3n) is 15.5. The number of amides is 5. The molecular weight excluding hydrogens is 1130 g/mol. The Bertz CT molecular complexity index is 2240. The predicted octanol–water partition coefficient (Wildman–Crippen LogP) is 7.37. The molecule has 86 heavy (non-hydrogen) atoms. The predicted molar refractivity (Wildman–Crippen MR) is 331 cm³/mol. The highest BCUT2D eigenvalue weighted by atomic mass is 32.2. The van der Waals surface area contributed by atoms with Crippen molar-refractivity contribution in [1.29, 1.82) is 0 Å². The van der Waals surface area contributed by atoms with E-state index in [9.17, 15) is 58.8 Å². The molecule has 1 saturated carbocycles. The lowest BCUT2D eigenvalue weighted by molar-refractivity contribution is -0.140. The first-order valence-electron chi connectivity index (χ1n) is 31.1. The Labute approximate surface area is 515 Å². The highest BCUT2D eigenvalue weighted by Crippen LogP contribution is 2.44. The largest absolute Gasteiger partial charge is 0.494 e. The summed E-state index contributed by atoms with van der Waals surface area (Å²) in [5.74, 6) is -4.05. The molecule has 2 rings (SSSR count). The number of carbonyl (C=O) groups excluding carboxylic acids is 5. The molecule has 0 aliphatic heterocycles. The first-order valence-corrected chi connectivity index (χ1v) is 32.1. The summed E-state index contributed by atoms with van der Waals surface area (Å²) in [6.07, 6.45) is 11.6. The Kier molecular flexibility index (Phi) is 35.5. The summed E-state index contributed by atoms with van der Waals surface area (Å²) >= 11 is 1.33. The van der Waals surface area contributed by atoms with Crippen LogP contribution in [0.3, 0.4) is 0 Å². The van der Waals surface area contributed by atoms with Gasteiger partial charge in [-0.2, -0.15) is 0 Å². The number of ether oxygens (including phenoxy) is 3. The van der Waals surface area contributed by atoms with Crippen LogP contribution in [0.5, 0.6) is 11.8 Å². The van der Waals surface area contributed by atoms with Crippen molar-refractivity contribution in [2.45, 2.75) is 233 Å². The van der Waals surface area contributed by atoms with Gasteiger partial charge >= 0.3 is 17.9 Å². The van der Waals surface area contributed by atoms with Gasteiger partial charge in [-0.05, 0) is 135 Å². The Hall–Kier alpha value is -5.17. The molecule has 3 atom stereocenters. The van der Waals surface area contributed by atoms with Crippen LogP contribution in [0, 0.1) is 22.7 Å². The molecular formula is C62H109N7O16S. The molecule has 0 bridgehead atoms. The van der Waals surface area contributed by atoms with Crippen LogP contribution in [0.15, 0.2) is 6.07 Å². The standard InChI is InChI=1S/C62H109N7O16S/c1-43(66-55(78)45-21-19-44(20-22-45)41-65-49(70)17-13-11-12-14-27-60(5,6)28-29-61(7,8)40-54(76)77)18-24-51(72)67-47(23-25-53(74)75)56(79)64-31-16-34-84-36-38-85-37-35-83-33-15-30-63-50(71)26-32-69-52(73)39-46(57(69)80)62(9,10)86-42-48(58(81)82)68-59(2,3)4/h39,43-45,47-48,68,73,80H,11-38,40-42H2,1-10H3,(H,63,71)(H,64,79)(H,65,70)(H,66,78)(H,67,72)(H,74,75)(H,76,77)(H,81,82). The van der Waals surface area contributed by atoms with E-state index in [0.29, 0.717) is 103 Å². The molecule has 0 saturated heterocycles. The van der Waals surface area contributed by atoms with Gasteiger partial charge in [-0.15, -0.1) is 11.8 Å². The van der Waals surface area contributed by atoms with Gasteiger partial charge in [0.25, 0.3) is 0 Å². The molecule has 0 radical (unpaired) electrons. The second-order valence-electron chi connectivity index (χ2n) is 26.3. The zero-order chi connectivity index (χ0) is 64.5. The zero-order valence-corrected chi connectivity index (χ0v) is 54.3. The fourth-order valence-corrected chi connectivity index (χ4v) is 11.2. The lowest BCUT2D eigenvalue weighted by atomic mass is 9.75. The number of aromatic hydroxyl groups is 2. The van der Waals surface area contributed by atoms with Crippen molar-refractivity contribution in [3.05, 3.63) is 11.6 Å². The van der Waals surface area contributed by atoms with Crippen molar-refractivity contribution in [2.75, 3.05) is 65.0 Å². The maximum absolute atomic E-state index is 13.1. The summed E-state index contributed by atoms with van der Waals surface area (Å²) in [5, 5.41) is 67.1. The Morgan fingerprint density at radius 2 is 1.20 bits per heavy atom. The van der Waals surface area contributed by atoms with Gasteiger partial charge in [0.05, 0.1) is 32.8 Å². The van der Waals surface area contributed by atoms with E-state index in [-0.39, 0.29) is 103 Å². The second-order valence-corrected chi connectivity index (χ2v) is 27.9. The minimum Gasteiger partial charge on any atom is -0.494 e. The number of rotatable bonds is 47. The van der Waals surface area contributed by atoms with Crippen LogP contribution in [0.25, 0.3) is 0 Å². The average Bonchev–Trinajstić information content (AvgIpc) is 2.36. The summed E-state index contributed by atoms with van der Waals surface area (Å²) in [6, 6.07) is -0.736. The van der Waals surface area contributed by atoms with Crippen LogP contribution in [-0.4, -0.2) is 166 Å². The van der Waals surface area contributed by atoms with Gasteiger partial charge in [-0.3, -0.25) is 48.2 Å². The van der Waals surface area contributed by atoms with Crippen LogP contribution in [0.4, 0.5) is 0 Å². The highest BCUT2D eigenvalue weighted by Gasteiger charge is 2.34. The first kappa shape index (κ1) is 76.9. The minimum atomic E-state index is -1.10. The van der Waals surface area contributed by atoms with Gasteiger partial charge in [0.15, 0.2) is 11.8 Å². The number of carbonyl (C=O) groups is 8. The Morgan fingerprint density at radius 1 is 0.616 bits per heavy atom. The van der Waals surface area contributed by atoms with Gasteiger partial charge in [-0.1, -0.05) is 47.0 Å². The maximum Gasteiger partial charge on any atom is 0.321 e. The van der Waals surface area contributed by atoms with Crippen LogP contribution < -0.4 is 31.9 Å². The minimum absolute atomic E-state index is 0.00629. The molecule has 494 valence electrons. The fourth-order valence-electron chi connectivity index (χ4n) is 10.1. The van der Waals surface area contributed by atoms with E-state index in [1.54, 1.807) is 0 Å². The smallest absolute Gasteiger partial charge is 0.321 e. The van der Waals surface area contributed by atoms with E-state index in [1.807, 2.05) is 55.4 Å². The lowest BCUT2D eigenvalue weighted by Gasteiger charge is -2.30. The van der Waals surface area contributed by atoms with E-state index in [2.05, 4.69) is 45.7 Å². The summed E-state index contributed by atoms with van der Waals surface area (Å²) in [7, 11) is 0. The quantitative estimate of drug-likeness (QED) is 0.0284. The van der Waals surface area contributed by atoms with E-state index >= 15 is 0 Å². The third-order valence-corrected chi connectivity index (χ3v) is 16.9. The molecule has 11 N–H and O–H groups in total. The second kappa shape index (κ2) is 39.7. The van der Waals surface area contributed by atoms with Gasteiger partial charge < -0.3 is 66.3 Å². The summed E-state index contributed by atoms with van der Waals surface area (Å²) in [5.41, 5.74) is -0.0532. The number of carboxylic acid groups (broad SMARTS) is 3. The highest BCUT2D eigenvalue weighted by molar-refractivity contribution is 8.00. The average molecular weight is 1240 g/mol. The third kappa shape index (κ3) is 34.4. The van der Waals surface area contributed by atoms with Crippen molar-refractivity contribution in [3.63, 3.8) is 0 Å². The number of unbranched alkanes of at least 4 members (excludes halogenated alkanes) is 3. The topological polar surface area (TPSA) is 343 Å². The van der Waals surface area contributed by atoms with E-state index in [0.717, 1.165) is 57.8 Å². The maximum atomic E-state index is 13.1. The molecule has 1 aliphatic rings. The van der Waals surface area contributed by atoms with Crippen molar-refractivity contribution in [2.24, 2.45) is 22.7 Å². The number of aliphatic carboxylic acids is 3. The number of aromatic nitrogens is 1. The van der Waals surface area contributed by atoms with Gasteiger partial charge in [-0.25, -0.2) is 0 Å². The van der Waals surface area contributed by atoms with Gasteiger partial charge in [0.2, 0.25) is 29.5 Å². The van der Waals surface area contributed by atoms with Crippen molar-refractivity contribution >= 4 is 59.2 Å². The van der Waals surface area contributed by atoms with E-state index < -0.39 is 52.1 Å². The molecule has 0 spiro atoms. The van der Waals surface area contributed by atoms with Crippen molar-refractivity contribution in [3.8, 4) is 11.8 Å². The molecule has 0 aromatic carbocycles. The molecule has 1 aliphatic carbocycles. The molecule has 1 aromatic heterocycles. The lowest BCUT2D eigenvalue weighted by Crippen LogP contribution is -2.49. The monoisotopic (exact) mass is 1240 g/mol. The SMILES string of the molecule is CC(CCC(=O)NC(CCC(=O)O)C(=O)NCCCOCCOCCOCCCNC(=O)CCn1c(O)cc(C(C)(C)SCC(NC(C)(C)C)C(=O)O)c1O)NC(=O)C1CCC(CNC(=O)CCCCCCC(C)(C)CCC(C)(C)CC(=O)O)CC1. The fraction of sp³-hybridized carbons (Fsp3) is 0.806. The number of thioether (sulfide) groups is 1. The summed E-state index contributed by atoms with van der Waals surface area (Å²) in [4.78, 5) is 98.5. The molecule has 23 nitrogen and oxygen atoms in total. The van der Waals surface area contributed by atoms with E-state index in [1.165, 1.54) is 22.4 Å². The molecule has 1 fully saturated rings. The van der Waals surface area contributed by atoms with Crippen LogP contribution in [0.1, 0.15) is 203 Å².